The van der Waals surface area contributed by atoms with Crippen molar-refractivity contribution in [3.63, 3.8) is 0 Å². The summed E-state index contributed by atoms with van der Waals surface area (Å²) in [6.45, 7) is 4.13. The first-order chi connectivity index (χ1) is 19.2. The van der Waals surface area contributed by atoms with Crippen molar-refractivity contribution in [1.82, 2.24) is 4.98 Å². The monoisotopic (exact) mass is 603 g/mol. The van der Waals surface area contributed by atoms with Crippen LogP contribution < -0.4 is 39.4 Å². The first kappa shape index (κ1) is 31.2. The van der Waals surface area contributed by atoms with Gasteiger partial charge >= 0.3 is 29.6 Å². The number of rotatable bonds is 10. The predicted octanol–water partition coefficient (Wildman–Crippen LogP) is 1.93. The third-order valence-electron chi connectivity index (χ3n) is 6.65. The molecule has 1 aliphatic heterocycles. The third kappa shape index (κ3) is 7.36. The summed E-state index contributed by atoms with van der Waals surface area (Å²) < 4.78 is 36.3. The number of azo groups is 1. The summed E-state index contributed by atoms with van der Waals surface area (Å²) >= 11 is 1.27. The number of hydrogen-bond acceptors (Lipinski definition) is 12. The first-order valence-corrected chi connectivity index (χ1v) is 14.9. The van der Waals surface area contributed by atoms with Crippen LogP contribution >= 0.6 is 11.3 Å². The van der Waals surface area contributed by atoms with Crippen molar-refractivity contribution in [3.05, 3.63) is 70.1 Å². The number of carbonyl (C=O) groups excluding carboxylic acids is 2. The van der Waals surface area contributed by atoms with E-state index in [0.29, 0.717) is 39.2 Å². The maximum Gasteiger partial charge on any atom is 1.00 e. The van der Waals surface area contributed by atoms with Crippen LogP contribution in [0.2, 0.25) is 0 Å². The Morgan fingerprint density at radius 1 is 1.05 bits per heavy atom. The van der Waals surface area contributed by atoms with Gasteiger partial charge in [0.2, 0.25) is 15.5 Å². The Morgan fingerprint density at radius 2 is 1.68 bits per heavy atom. The molecule has 0 unspecified atom stereocenters. The average Bonchev–Trinajstić information content (AvgIpc) is 3.66. The van der Waals surface area contributed by atoms with E-state index in [1.807, 2.05) is 24.0 Å². The van der Waals surface area contributed by atoms with E-state index in [9.17, 15) is 22.6 Å². The van der Waals surface area contributed by atoms with Crippen molar-refractivity contribution >= 4 is 61.7 Å². The quantitative estimate of drug-likeness (QED) is 0.0848. The first-order valence-electron chi connectivity index (χ1n) is 12.8. The van der Waals surface area contributed by atoms with Gasteiger partial charge in [0.05, 0.1) is 22.7 Å². The maximum absolute atomic E-state index is 12.9. The second-order valence-electron chi connectivity index (χ2n) is 9.17. The number of aromatic nitrogens is 1. The van der Waals surface area contributed by atoms with Crippen molar-refractivity contribution < 1.29 is 56.3 Å². The van der Waals surface area contributed by atoms with Gasteiger partial charge in [0.15, 0.2) is 11.6 Å². The normalized spacial score (nSPS) is 15.0. The minimum atomic E-state index is -4.73. The predicted molar refractivity (Wildman–Crippen MR) is 151 cm³/mol. The number of benzene rings is 2. The van der Waals surface area contributed by atoms with Gasteiger partial charge in [-0.05, 0) is 50.1 Å². The molecular weight excluding hydrogens is 577 g/mol. The molecule has 2 aliphatic rings. The maximum atomic E-state index is 12.9. The van der Waals surface area contributed by atoms with E-state index in [2.05, 4.69) is 24.3 Å². The van der Waals surface area contributed by atoms with Crippen LogP contribution in [0, 0.1) is 0 Å². The number of anilines is 2. The molecule has 0 N–H and O–H groups in total. The molecule has 5 rings (SSSR count). The fraction of sp³-hybridized carbons (Fsp3) is 0.296. The SMILES string of the molecule is CCN(CCOS(=O)(=O)[O-])c1ccc(/N=N/c2nc(N3CCCC3)c(C=C3C(=O)c4ccccc4C3=O)s2)cc1.[Na+]. The van der Waals surface area contributed by atoms with Gasteiger partial charge in [0.25, 0.3) is 0 Å². The molecule has 1 aliphatic carbocycles. The Bertz CT molecular complexity index is 1560. The number of ketones is 2. The van der Waals surface area contributed by atoms with Crippen LogP contribution in [0.5, 0.6) is 0 Å². The van der Waals surface area contributed by atoms with E-state index < -0.39 is 10.4 Å². The van der Waals surface area contributed by atoms with Gasteiger partial charge in [-0.2, -0.15) is 4.98 Å². The van der Waals surface area contributed by atoms with Crippen molar-refractivity contribution in [3.8, 4) is 0 Å². The number of thiazole rings is 1. The van der Waals surface area contributed by atoms with Crippen molar-refractivity contribution in [1.29, 1.82) is 0 Å². The molecule has 0 amide bonds. The van der Waals surface area contributed by atoms with Crippen LogP contribution in [0.3, 0.4) is 0 Å². The Morgan fingerprint density at radius 3 is 2.27 bits per heavy atom. The molecule has 1 saturated heterocycles. The summed E-state index contributed by atoms with van der Waals surface area (Å²) in [6, 6.07) is 14.0. The molecule has 208 valence electrons. The molecule has 0 spiro atoms. The van der Waals surface area contributed by atoms with Gasteiger partial charge in [-0.1, -0.05) is 35.6 Å². The average molecular weight is 604 g/mol. The minimum absolute atomic E-state index is 0. The second kappa shape index (κ2) is 13.5. The molecule has 14 heteroatoms. The molecule has 0 atom stereocenters. The zero-order valence-corrected chi connectivity index (χ0v) is 26.3. The molecule has 2 aromatic carbocycles. The topological polar surface area (TPSA) is 145 Å². The molecule has 1 fully saturated rings. The summed E-state index contributed by atoms with van der Waals surface area (Å²) in [6.07, 6.45) is 3.70. The standard InChI is InChI=1S/C27H27N5O6S2.Na/c1-2-31(15-16-38-40(35,36)37)19-11-9-18(10-12-19)29-30-27-28-26(32-13-5-6-14-32)23(39-27)17-22-24(33)20-7-3-4-8-21(20)25(22)34;/h3-4,7-12,17H,2,5-6,13-16H2,1H3,(H,35,36,37);/q;+1/p-1/b30-29+;. The molecular formula is C27H26N5NaO6S2. The summed E-state index contributed by atoms with van der Waals surface area (Å²) in [5.41, 5.74) is 2.34. The number of Topliss-reactive ketones (excluding diaryl/α,β-unsaturated/α-hetero) is 2. The molecule has 41 heavy (non-hydrogen) atoms. The molecule has 2 heterocycles. The van der Waals surface area contributed by atoms with E-state index in [-0.39, 0.29) is 59.8 Å². The number of carbonyl (C=O) groups is 2. The van der Waals surface area contributed by atoms with Gasteiger partial charge < -0.3 is 14.4 Å². The fourth-order valence-electron chi connectivity index (χ4n) is 4.69. The largest absolute Gasteiger partial charge is 1.00 e. The van der Waals surface area contributed by atoms with Crippen molar-refractivity contribution in [2.45, 2.75) is 19.8 Å². The molecule has 0 bridgehead atoms. The number of likely N-dealkylation sites (N-methyl/N-ethyl adjacent to an activating group) is 1. The minimum Gasteiger partial charge on any atom is -0.726 e. The number of nitrogens with zero attached hydrogens (tertiary/aromatic N) is 5. The fourth-order valence-corrected chi connectivity index (χ4v) is 5.82. The molecule has 0 saturated carbocycles. The van der Waals surface area contributed by atoms with E-state index in [4.69, 9.17) is 0 Å². The van der Waals surface area contributed by atoms with Crippen LogP contribution in [0.25, 0.3) is 6.08 Å². The zero-order chi connectivity index (χ0) is 28.3. The van der Waals surface area contributed by atoms with E-state index >= 15 is 0 Å². The Balaban J connectivity index is 0.00000387. The Hall–Kier alpha value is -2.78. The van der Waals surface area contributed by atoms with Crippen molar-refractivity contribution in [2.75, 3.05) is 42.6 Å². The van der Waals surface area contributed by atoms with Crippen molar-refractivity contribution in [2.24, 2.45) is 10.2 Å². The summed E-state index contributed by atoms with van der Waals surface area (Å²) in [7, 11) is -4.73. The second-order valence-corrected chi connectivity index (χ2v) is 11.2. The molecule has 1 aromatic heterocycles. The van der Waals surface area contributed by atoms with Crippen LogP contribution in [0.1, 0.15) is 45.4 Å². The molecule has 11 nitrogen and oxygen atoms in total. The van der Waals surface area contributed by atoms with Crippen LogP contribution in [0.15, 0.2) is 64.3 Å². The van der Waals surface area contributed by atoms with E-state index in [1.165, 1.54) is 11.3 Å². The van der Waals surface area contributed by atoms with E-state index in [0.717, 1.165) is 31.6 Å². The molecule has 0 radical (unpaired) electrons. The number of fused-ring (bicyclic) bond motifs is 1. The van der Waals surface area contributed by atoms with Crippen LogP contribution in [-0.4, -0.2) is 62.3 Å². The smallest absolute Gasteiger partial charge is 0.726 e. The Labute approximate surface area is 264 Å². The zero-order valence-electron chi connectivity index (χ0n) is 22.6. The van der Waals surface area contributed by atoms with Crippen LogP contribution in [-0.2, 0) is 14.6 Å². The summed E-state index contributed by atoms with van der Waals surface area (Å²) in [5, 5.41) is 9.03. The van der Waals surface area contributed by atoms with Gasteiger partial charge in [-0.3, -0.25) is 13.8 Å². The summed E-state index contributed by atoms with van der Waals surface area (Å²) in [5.74, 6) is 0.121. The summed E-state index contributed by atoms with van der Waals surface area (Å²) in [4.78, 5) is 35.3. The van der Waals surface area contributed by atoms with E-state index in [1.54, 1.807) is 42.5 Å². The Kier molecular flexibility index (Phi) is 10.2. The number of hydrogen-bond donors (Lipinski definition) is 0. The van der Waals surface area contributed by atoms with Gasteiger partial charge in [0.1, 0.15) is 5.82 Å². The van der Waals surface area contributed by atoms with Gasteiger partial charge in [0, 0.05) is 43.0 Å². The van der Waals surface area contributed by atoms with Crippen LogP contribution in [0.4, 0.5) is 22.3 Å². The third-order valence-corrected chi connectivity index (χ3v) is 7.98. The molecule has 3 aromatic rings. The van der Waals surface area contributed by atoms with Gasteiger partial charge in [-0.15, -0.1) is 10.2 Å². The van der Waals surface area contributed by atoms with Gasteiger partial charge in [-0.25, -0.2) is 8.42 Å². The number of allylic oxidation sites excluding steroid dienone is 1.